The van der Waals surface area contributed by atoms with Gasteiger partial charge >= 0.3 is 0 Å². The molecule has 2 saturated heterocycles. The largest absolute Gasteiger partial charge is 0.378 e. The monoisotopic (exact) mass is 295 g/mol. The Kier molecular flexibility index (Phi) is 4.31. The number of carbonyl (C=O) groups is 1. The highest BCUT2D eigenvalue weighted by atomic mass is 32.2. The van der Waals surface area contributed by atoms with Gasteiger partial charge in [0.05, 0.1) is 24.8 Å². The van der Waals surface area contributed by atoms with Crippen molar-refractivity contribution in [3.05, 3.63) is 18.0 Å². The molecule has 110 valence electrons. The molecule has 5 nitrogen and oxygen atoms in total. The minimum absolute atomic E-state index is 0.131. The number of thioether (sulfide) groups is 1. The molecule has 6 heteroatoms. The summed E-state index contributed by atoms with van der Waals surface area (Å²) in [6.07, 6.45) is 6.66. The van der Waals surface area contributed by atoms with Crippen LogP contribution in [0.5, 0.6) is 0 Å². The molecule has 0 unspecified atom stereocenters. The molecule has 0 bridgehead atoms. The SMILES string of the molecule is Cn1cc([C@H]2CSCCN2C(=O)C[C@@H]2CCCO2)cn1. The van der Waals surface area contributed by atoms with Crippen molar-refractivity contribution in [1.82, 2.24) is 14.7 Å². The lowest BCUT2D eigenvalue weighted by Crippen LogP contribution is -2.41. The lowest BCUT2D eigenvalue weighted by molar-refractivity contribution is -0.135. The normalized spacial score (nSPS) is 26.9. The van der Waals surface area contributed by atoms with Gasteiger partial charge in [-0.15, -0.1) is 0 Å². The first-order chi connectivity index (χ1) is 9.74. The van der Waals surface area contributed by atoms with Crippen LogP contribution in [-0.4, -0.2) is 51.3 Å². The van der Waals surface area contributed by atoms with Gasteiger partial charge in [-0.05, 0) is 12.8 Å². The van der Waals surface area contributed by atoms with E-state index in [0.29, 0.717) is 6.42 Å². The van der Waals surface area contributed by atoms with E-state index in [1.165, 1.54) is 0 Å². The van der Waals surface area contributed by atoms with Gasteiger partial charge in [-0.2, -0.15) is 16.9 Å². The number of rotatable bonds is 3. The average molecular weight is 295 g/mol. The van der Waals surface area contributed by atoms with Crippen molar-refractivity contribution in [2.45, 2.75) is 31.4 Å². The average Bonchev–Trinajstić information content (AvgIpc) is 3.10. The van der Waals surface area contributed by atoms with Gasteiger partial charge < -0.3 is 9.64 Å². The number of aryl methyl sites for hydroxylation is 1. The van der Waals surface area contributed by atoms with Gasteiger partial charge in [0.25, 0.3) is 0 Å². The van der Waals surface area contributed by atoms with Crippen LogP contribution < -0.4 is 0 Å². The fraction of sp³-hybridized carbons (Fsp3) is 0.714. The molecule has 1 amide bonds. The minimum atomic E-state index is 0.131. The summed E-state index contributed by atoms with van der Waals surface area (Å²) in [5, 5.41) is 4.23. The third kappa shape index (κ3) is 3.01. The van der Waals surface area contributed by atoms with Crippen molar-refractivity contribution in [1.29, 1.82) is 0 Å². The highest BCUT2D eigenvalue weighted by Gasteiger charge is 2.31. The number of carbonyl (C=O) groups excluding carboxylic acids is 1. The molecule has 0 spiro atoms. The molecule has 20 heavy (non-hydrogen) atoms. The van der Waals surface area contributed by atoms with Crippen molar-refractivity contribution in [2.24, 2.45) is 7.05 Å². The number of amides is 1. The van der Waals surface area contributed by atoms with Gasteiger partial charge in [0, 0.05) is 43.5 Å². The standard InChI is InChI=1S/C14H21N3O2S/c1-16-9-11(8-15-16)13-10-20-6-4-17(13)14(18)7-12-3-2-5-19-12/h8-9,12-13H,2-7,10H2,1H3/t12-,13+/m0/s1. The van der Waals surface area contributed by atoms with E-state index in [9.17, 15) is 4.79 Å². The van der Waals surface area contributed by atoms with E-state index in [-0.39, 0.29) is 18.1 Å². The van der Waals surface area contributed by atoms with Gasteiger partial charge in [-0.25, -0.2) is 0 Å². The summed E-state index contributed by atoms with van der Waals surface area (Å²) < 4.78 is 7.39. The minimum Gasteiger partial charge on any atom is -0.378 e. The molecule has 2 atom stereocenters. The molecule has 0 aliphatic carbocycles. The van der Waals surface area contributed by atoms with Crippen molar-refractivity contribution >= 4 is 17.7 Å². The Bertz CT molecular complexity index is 471. The fourth-order valence-electron chi connectivity index (χ4n) is 2.91. The summed E-state index contributed by atoms with van der Waals surface area (Å²) >= 11 is 1.91. The lowest BCUT2D eigenvalue weighted by atomic mass is 10.1. The molecular formula is C14H21N3O2S. The predicted octanol–water partition coefficient (Wildman–Crippen LogP) is 1.61. The summed E-state index contributed by atoms with van der Waals surface area (Å²) in [7, 11) is 1.91. The summed E-state index contributed by atoms with van der Waals surface area (Å²) in [6, 6.07) is 0.163. The summed E-state index contributed by atoms with van der Waals surface area (Å²) in [6.45, 7) is 1.63. The Morgan fingerprint density at radius 1 is 1.60 bits per heavy atom. The Morgan fingerprint density at radius 3 is 3.20 bits per heavy atom. The van der Waals surface area contributed by atoms with Gasteiger partial charge in [0.15, 0.2) is 0 Å². The molecule has 0 aromatic carbocycles. The quantitative estimate of drug-likeness (QED) is 0.850. The Hall–Kier alpha value is -1.01. The zero-order valence-corrected chi connectivity index (χ0v) is 12.6. The third-order valence-electron chi connectivity index (χ3n) is 3.98. The molecule has 0 N–H and O–H groups in total. The third-order valence-corrected chi connectivity index (χ3v) is 5.01. The van der Waals surface area contributed by atoms with Crippen LogP contribution in [0.4, 0.5) is 0 Å². The van der Waals surface area contributed by atoms with Crippen molar-refractivity contribution < 1.29 is 9.53 Å². The predicted molar refractivity (Wildman–Crippen MR) is 78.6 cm³/mol. The van der Waals surface area contributed by atoms with Crippen LogP contribution in [0, 0.1) is 0 Å². The summed E-state index contributed by atoms with van der Waals surface area (Å²) in [4.78, 5) is 14.6. The second-order valence-electron chi connectivity index (χ2n) is 5.46. The molecule has 2 fully saturated rings. The summed E-state index contributed by atoms with van der Waals surface area (Å²) in [5.74, 6) is 2.21. The van der Waals surface area contributed by atoms with E-state index in [1.54, 1.807) is 4.68 Å². The highest BCUT2D eigenvalue weighted by molar-refractivity contribution is 7.99. The summed E-state index contributed by atoms with van der Waals surface area (Å²) in [5.41, 5.74) is 1.14. The van der Waals surface area contributed by atoms with Gasteiger partial charge in [-0.1, -0.05) is 0 Å². The number of nitrogens with zero attached hydrogens (tertiary/aromatic N) is 3. The van der Waals surface area contributed by atoms with Crippen LogP contribution in [0.25, 0.3) is 0 Å². The van der Waals surface area contributed by atoms with Gasteiger partial charge in [0.2, 0.25) is 5.91 Å². The zero-order chi connectivity index (χ0) is 13.9. The molecule has 1 aromatic rings. The topological polar surface area (TPSA) is 47.4 Å². The molecule has 2 aliphatic rings. The van der Waals surface area contributed by atoms with E-state index in [2.05, 4.69) is 5.10 Å². The smallest absolute Gasteiger partial charge is 0.225 e. The lowest BCUT2D eigenvalue weighted by Gasteiger charge is -2.35. The Balaban J connectivity index is 1.69. The first kappa shape index (κ1) is 13.9. The molecule has 2 aliphatic heterocycles. The molecule has 0 radical (unpaired) electrons. The number of hydrogen-bond acceptors (Lipinski definition) is 4. The van der Waals surface area contributed by atoms with Crippen LogP contribution in [0.3, 0.4) is 0 Å². The highest BCUT2D eigenvalue weighted by Crippen LogP contribution is 2.30. The molecule has 1 aromatic heterocycles. The van der Waals surface area contributed by atoms with E-state index in [1.807, 2.05) is 36.1 Å². The number of hydrogen-bond donors (Lipinski definition) is 0. The maximum atomic E-state index is 12.6. The molecule has 3 heterocycles. The Labute approximate surface area is 123 Å². The molecule has 0 saturated carbocycles. The first-order valence-corrected chi connectivity index (χ1v) is 8.37. The second kappa shape index (κ2) is 6.18. The van der Waals surface area contributed by atoms with Crippen molar-refractivity contribution in [3.63, 3.8) is 0 Å². The van der Waals surface area contributed by atoms with Crippen LogP contribution in [0.15, 0.2) is 12.4 Å². The van der Waals surface area contributed by atoms with E-state index in [0.717, 1.165) is 43.1 Å². The number of aromatic nitrogens is 2. The fourth-order valence-corrected chi connectivity index (χ4v) is 4.00. The van der Waals surface area contributed by atoms with Crippen LogP contribution >= 0.6 is 11.8 Å². The van der Waals surface area contributed by atoms with Gasteiger partial charge in [-0.3, -0.25) is 9.48 Å². The van der Waals surface area contributed by atoms with E-state index < -0.39 is 0 Å². The maximum Gasteiger partial charge on any atom is 0.225 e. The van der Waals surface area contributed by atoms with Crippen LogP contribution in [0.2, 0.25) is 0 Å². The van der Waals surface area contributed by atoms with E-state index in [4.69, 9.17) is 4.74 Å². The van der Waals surface area contributed by atoms with Crippen LogP contribution in [0.1, 0.15) is 30.9 Å². The zero-order valence-electron chi connectivity index (χ0n) is 11.8. The number of ether oxygens (including phenoxy) is 1. The van der Waals surface area contributed by atoms with E-state index >= 15 is 0 Å². The first-order valence-electron chi connectivity index (χ1n) is 7.21. The van der Waals surface area contributed by atoms with Gasteiger partial charge in [0.1, 0.15) is 0 Å². The Morgan fingerprint density at radius 2 is 2.50 bits per heavy atom. The van der Waals surface area contributed by atoms with Crippen molar-refractivity contribution in [2.75, 3.05) is 24.7 Å². The van der Waals surface area contributed by atoms with Crippen LogP contribution in [-0.2, 0) is 16.6 Å². The molecular weight excluding hydrogens is 274 g/mol. The maximum absolute atomic E-state index is 12.6. The second-order valence-corrected chi connectivity index (χ2v) is 6.61. The molecule has 3 rings (SSSR count). The van der Waals surface area contributed by atoms with Crippen molar-refractivity contribution in [3.8, 4) is 0 Å².